The molecule has 2 N–H and O–H groups in total. The maximum Gasteiger partial charge on any atom is 0.306 e. The van der Waals surface area contributed by atoms with Crippen LogP contribution in [0, 0.1) is 5.92 Å². The minimum Gasteiger partial charge on any atom is -0.462 e. The maximum absolute atomic E-state index is 12.1. The second kappa shape index (κ2) is 36.1. The Hall–Kier alpha value is -2.18. The van der Waals surface area contributed by atoms with Crippen LogP contribution in [0.3, 0.4) is 0 Å². The molecule has 0 radical (unpaired) electrons. The van der Waals surface area contributed by atoms with Gasteiger partial charge in [-0.05, 0) is 57.3 Å². The summed E-state index contributed by atoms with van der Waals surface area (Å²) in [7, 11) is 0. The van der Waals surface area contributed by atoms with E-state index < -0.39 is 6.10 Å². The van der Waals surface area contributed by atoms with Gasteiger partial charge in [-0.2, -0.15) is 0 Å². The Bertz CT molecular complexity index is 843. The van der Waals surface area contributed by atoms with Gasteiger partial charge in [-0.1, -0.05) is 159 Å². The van der Waals surface area contributed by atoms with Gasteiger partial charge in [0.15, 0.2) is 6.10 Å². The van der Waals surface area contributed by atoms with Crippen molar-refractivity contribution in [3.8, 4) is 0 Å². The average Bonchev–Trinajstić information content (AvgIpc) is 3.06. The molecule has 0 bridgehead atoms. The Morgan fingerprint density at radius 3 is 1.60 bits per heavy atom. The summed E-state index contributed by atoms with van der Waals surface area (Å²) in [5.74, 6) is 0.164. The van der Waals surface area contributed by atoms with Crippen LogP contribution in [0.5, 0.6) is 0 Å². The number of hydrogen-bond donors (Lipinski definition) is 2. The van der Waals surface area contributed by atoms with Crippen LogP contribution in [-0.2, 0) is 19.1 Å². The molecule has 48 heavy (non-hydrogen) atoms. The fourth-order valence-corrected chi connectivity index (χ4v) is 5.39. The highest BCUT2D eigenvalue weighted by Crippen LogP contribution is 2.15. The summed E-state index contributed by atoms with van der Waals surface area (Å²) >= 11 is 0. The molecule has 0 aliphatic carbocycles. The number of carbonyl (C=O) groups is 2. The lowest BCUT2D eigenvalue weighted by molar-refractivity contribution is -0.161. The molecule has 0 aliphatic heterocycles. The summed E-state index contributed by atoms with van der Waals surface area (Å²) in [6.45, 7) is 6.24. The van der Waals surface area contributed by atoms with Crippen molar-refractivity contribution < 1.29 is 29.3 Å². The summed E-state index contributed by atoms with van der Waals surface area (Å²) in [6, 6.07) is 0. The molecule has 0 spiro atoms. The normalized spacial score (nSPS) is 13.5. The molecular formula is C42H74O6. The molecule has 0 amide bonds. The van der Waals surface area contributed by atoms with Crippen molar-refractivity contribution in [1.82, 2.24) is 0 Å². The summed E-state index contributed by atoms with van der Waals surface area (Å²) in [5, 5.41) is 19.2. The van der Waals surface area contributed by atoms with E-state index in [1.165, 1.54) is 70.6 Å². The third-order valence-electron chi connectivity index (χ3n) is 8.36. The van der Waals surface area contributed by atoms with E-state index in [4.69, 9.17) is 9.47 Å². The number of allylic oxidation sites excluding steroid dienone is 7. The van der Waals surface area contributed by atoms with Crippen molar-refractivity contribution >= 4 is 11.9 Å². The van der Waals surface area contributed by atoms with Crippen LogP contribution < -0.4 is 0 Å². The number of rotatable bonds is 34. The minimum absolute atomic E-state index is 0.0969. The van der Waals surface area contributed by atoms with Gasteiger partial charge >= 0.3 is 11.9 Å². The maximum atomic E-state index is 12.1. The number of esters is 2. The SMILES string of the molecule is CCCC(O)C/C=C\C/C=C\C/C=C\C/C=C\CCCC(=O)O[C@@H](CO)COC(=O)CCCCCCCCCCCCCCCC(C)C. The summed E-state index contributed by atoms with van der Waals surface area (Å²) in [5.41, 5.74) is 0. The molecule has 0 heterocycles. The fraction of sp³-hybridized carbons (Fsp3) is 0.762. The number of carbonyl (C=O) groups excluding carboxylic acids is 2. The number of ether oxygens (including phenoxy) is 2. The monoisotopic (exact) mass is 675 g/mol. The Labute approximate surface area is 295 Å². The molecule has 0 aromatic carbocycles. The zero-order valence-electron chi connectivity index (χ0n) is 31.3. The quantitative estimate of drug-likeness (QED) is 0.0401. The molecule has 0 aromatic rings. The van der Waals surface area contributed by atoms with Crippen molar-refractivity contribution in [3.05, 3.63) is 48.6 Å². The van der Waals surface area contributed by atoms with Gasteiger partial charge in [0.2, 0.25) is 0 Å². The lowest BCUT2D eigenvalue weighted by Crippen LogP contribution is -2.28. The van der Waals surface area contributed by atoms with E-state index >= 15 is 0 Å². The lowest BCUT2D eigenvalue weighted by atomic mass is 10.0. The molecule has 0 aliphatic rings. The van der Waals surface area contributed by atoms with E-state index in [9.17, 15) is 19.8 Å². The predicted molar refractivity (Wildman–Crippen MR) is 202 cm³/mol. The Morgan fingerprint density at radius 2 is 1.08 bits per heavy atom. The lowest BCUT2D eigenvalue weighted by Gasteiger charge is -2.15. The molecule has 6 heteroatoms. The predicted octanol–water partition coefficient (Wildman–Crippen LogP) is 11.1. The first-order valence-corrected chi connectivity index (χ1v) is 19.6. The first-order chi connectivity index (χ1) is 23.4. The zero-order chi connectivity index (χ0) is 35.3. The van der Waals surface area contributed by atoms with Gasteiger partial charge in [-0.15, -0.1) is 0 Å². The molecule has 0 saturated heterocycles. The van der Waals surface area contributed by atoms with Gasteiger partial charge in [0, 0.05) is 12.8 Å². The van der Waals surface area contributed by atoms with E-state index in [1.54, 1.807) is 0 Å². The van der Waals surface area contributed by atoms with Gasteiger partial charge in [0.05, 0.1) is 12.7 Å². The van der Waals surface area contributed by atoms with Gasteiger partial charge in [-0.3, -0.25) is 9.59 Å². The first-order valence-electron chi connectivity index (χ1n) is 19.6. The van der Waals surface area contributed by atoms with E-state index in [0.29, 0.717) is 12.8 Å². The zero-order valence-corrected chi connectivity index (χ0v) is 31.3. The van der Waals surface area contributed by atoms with E-state index in [0.717, 1.165) is 70.1 Å². The molecular weight excluding hydrogens is 600 g/mol. The Balaban J connectivity index is 3.68. The van der Waals surface area contributed by atoms with E-state index in [-0.39, 0.29) is 37.7 Å². The number of hydrogen-bond acceptors (Lipinski definition) is 6. The Kier molecular flexibility index (Phi) is 34.5. The van der Waals surface area contributed by atoms with Crippen molar-refractivity contribution in [2.24, 2.45) is 5.92 Å². The third-order valence-corrected chi connectivity index (χ3v) is 8.36. The molecule has 278 valence electrons. The number of unbranched alkanes of at least 4 members (excludes halogenated alkanes) is 13. The second-order valence-electron chi connectivity index (χ2n) is 13.7. The largest absolute Gasteiger partial charge is 0.462 e. The van der Waals surface area contributed by atoms with Crippen LogP contribution >= 0.6 is 0 Å². The molecule has 0 aromatic heterocycles. The highest BCUT2D eigenvalue weighted by molar-refractivity contribution is 5.70. The first kappa shape index (κ1) is 45.8. The van der Waals surface area contributed by atoms with Crippen LogP contribution in [0.25, 0.3) is 0 Å². The van der Waals surface area contributed by atoms with Gasteiger partial charge in [0.25, 0.3) is 0 Å². The molecule has 2 atom stereocenters. The van der Waals surface area contributed by atoms with Gasteiger partial charge in [-0.25, -0.2) is 0 Å². The molecule has 6 nitrogen and oxygen atoms in total. The molecule has 0 saturated carbocycles. The van der Waals surface area contributed by atoms with Crippen LogP contribution in [0.1, 0.15) is 175 Å². The molecule has 0 fully saturated rings. The van der Waals surface area contributed by atoms with Gasteiger partial charge < -0.3 is 19.7 Å². The number of aliphatic hydroxyl groups is 2. The third kappa shape index (κ3) is 35.1. The van der Waals surface area contributed by atoms with E-state index in [2.05, 4.69) is 69.4 Å². The topological polar surface area (TPSA) is 93.1 Å². The Morgan fingerprint density at radius 1 is 0.604 bits per heavy atom. The summed E-state index contributed by atoms with van der Waals surface area (Å²) in [6.07, 6.45) is 40.9. The van der Waals surface area contributed by atoms with E-state index in [1.807, 2.05) is 0 Å². The molecule has 1 unspecified atom stereocenters. The van der Waals surface area contributed by atoms with Crippen LogP contribution in [0.4, 0.5) is 0 Å². The van der Waals surface area contributed by atoms with Crippen LogP contribution in [-0.4, -0.2) is 47.6 Å². The number of aliphatic hydroxyl groups excluding tert-OH is 2. The summed E-state index contributed by atoms with van der Waals surface area (Å²) < 4.78 is 10.5. The van der Waals surface area contributed by atoms with Crippen molar-refractivity contribution in [2.45, 2.75) is 187 Å². The summed E-state index contributed by atoms with van der Waals surface area (Å²) in [4.78, 5) is 24.2. The highest BCUT2D eigenvalue weighted by Gasteiger charge is 2.16. The van der Waals surface area contributed by atoms with Crippen molar-refractivity contribution in [2.75, 3.05) is 13.2 Å². The van der Waals surface area contributed by atoms with Crippen molar-refractivity contribution in [1.29, 1.82) is 0 Å². The standard InChI is InChI=1S/C42H74O6/c1-4-31-39(44)33-28-24-20-16-12-8-6-10-14-18-22-26-30-35-42(46)48-40(36-43)37-47-41(45)34-29-25-21-17-13-9-5-7-11-15-19-23-27-32-38(2)3/h6,10,12,16,18,22,24,28,38-40,43-44H,4-5,7-9,11,13-15,17,19-21,23,25-27,29-37H2,1-3H3/b10-6-,16-12-,22-18-,28-24-/t39?,40-/m0/s1. The van der Waals surface area contributed by atoms with Crippen LogP contribution in [0.15, 0.2) is 48.6 Å². The van der Waals surface area contributed by atoms with Gasteiger partial charge in [0.1, 0.15) is 6.61 Å². The average molecular weight is 675 g/mol. The van der Waals surface area contributed by atoms with Crippen LogP contribution in [0.2, 0.25) is 0 Å². The molecule has 0 rings (SSSR count). The second-order valence-corrected chi connectivity index (χ2v) is 13.7. The minimum atomic E-state index is -0.809. The van der Waals surface area contributed by atoms with Crippen molar-refractivity contribution in [3.63, 3.8) is 0 Å². The smallest absolute Gasteiger partial charge is 0.306 e. The highest BCUT2D eigenvalue weighted by atomic mass is 16.6. The fourth-order valence-electron chi connectivity index (χ4n) is 5.39.